The van der Waals surface area contributed by atoms with Crippen LogP contribution < -0.4 is 15.4 Å². The zero-order chi connectivity index (χ0) is 21.9. The Kier molecular flexibility index (Phi) is 11.9. The van der Waals surface area contributed by atoms with E-state index >= 15 is 0 Å². The van der Waals surface area contributed by atoms with Gasteiger partial charge in [-0.2, -0.15) is 0 Å². The molecule has 1 aromatic carbocycles. The van der Waals surface area contributed by atoms with Crippen molar-refractivity contribution in [2.24, 2.45) is 4.99 Å². The van der Waals surface area contributed by atoms with Crippen LogP contribution in [0.2, 0.25) is 0 Å². The Morgan fingerprint density at radius 2 is 1.97 bits per heavy atom. The first kappa shape index (κ1) is 26.5. The number of guanidine groups is 1. The highest BCUT2D eigenvalue weighted by molar-refractivity contribution is 14.0. The maximum atomic E-state index is 5.85. The van der Waals surface area contributed by atoms with Crippen molar-refractivity contribution in [1.29, 1.82) is 0 Å². The summed E-state index contributed by atoms with van der Waals surface area (Å²) in [7, 11) is 5.90. The van der Waals surface area contributed by atoms with Crippen molar-refractivity contribution in [2.75, 3.05) is 53.9 Å². The predicted molar refractivity (Wildman–Crippen MR) is 141 cm³/mol. The number of hydrogen-bond donors (Lipinski definition) is 2. The summed E-state index contributed by atoms with van der Waals surface area (Å²) in [4.78, 5) is 9.02. The average molecular weight is 556 g/mol. The minimum Gasteiger partial charge on any atom is -0.492 e. The molecule has 0 aliphatic carbocycles. The van der Waals surface area contributed by atoms with Crippen molar-refractivity contribution >= 4 is 29.9 Å². The molecule has 0 bridgehead atoms. The first-order chi connectivity index (χ1) is 15.2. The van der Waals surface area contributed by atoms with Crippen LogP contribution in [0.5, 0.6) is 5.75 Å². The molecule has 2 N–H and O–H groups in total. The first-order valence-electron chi connectivity index (χ1n) is 11.2. The van der Waals surface area contributed by atoms with E-state index in [0.29, 0.717) is 13.2 Å². The van der Waals surface area contributed by atoms with Gasteiger partial charge >= 0.3 is 0 Å². The molecular formula is C24H38IN5O2. The van der Waals surface area contributed by atoms with Crippen molar-refractivity contribution in [3.05, 3.63) is 54.0 Å². The molecule has 32 heavy (non-hydrogen) atoms. The van der Waals surface area contributed by atoms with E-state index in [1.54, 1.807) is 13.3 Å². The van der Waals surface area contributed by atoms with E-state index in [1.165, 1.54) is 19.3 Å². The standard InChI is InChI=1S/C24H37N5O2.HI/c1-25-24(26-18-20-9-7-10-21(17-20)30-16-14-28(2)3)27-19-22(23-11-8-15-31-23)29-12-5-4-6-13-29;/h7-11,15,17,22H,4-6,12-14,16,18-19H2,1-3H3,(H2,25,26,27);1H. The minimum absolute atomic E-state index is 0. The normalized spacial score (nSPS) is 15.8. The van der Waals surface area contributed by atoms with E-state index in [4.69, 9.17) is 9.15 Å². The van der Waals surface area contributed by atoms with Gasteiger partial charge in [0.1, 0.15) is 18.1 Å². The van der Waals surface area contributed by atoms with Gasteiger partial charge in [0.05, 0.1) is 12.3 Å². The summed E-state index contributed by atoms with van der Waals surface area (Å²) in [6.07, 6.45) is 5.57. The third-order valence-electron chi connectivity index (χ3n) is 5.56. The third-order valence-corrected chi connectivity index (χ3v) is 5.56. The van der Waals surface area contributed by atoms with Gasteiger partial charge < -0.3 is 24.7 Å². The molecule has 1 fully saturated rings. The molecule has 2 aromatic rings. The number of rotatable bonds is 10. The Balaban J connectivity index is 0.00000363. The topological polar surface area (TPSA) is 65.3 Å². The van der Waals surface area contributed by atoms with E-state index in [9.17, 15) is 0 Å². The Morgan fingerprint density at radius 1 is 1.16 bits per heavy atom. The number of benzene rings is 1. The van der Waals surface area contributed by atoms with Gasteiger partial charge in [0, 0.05) is 26.7 Å². The van der Waals surface area contributed by atoms with Crippen molar-refractivity contribution in [1.82, 2.24) is 20.4 Å². The molecule has 0 spiro atoms. The lowest BCUT2D eigenvalue weighted by atomic mass is 10.1. The van der Waals surface area contributed by atoms with Gasteiger partial charge in [0.2, 0.25) is 0 Å². The lowest BCUT2D eigenvalue weighted by Crippen LogP contribution is -2.44. The van der Waals surface area contributed by atoms with Gasteiger partial charge in [-0.1, -0.05) is 18.6 Å². The molecule has 178 valence electrons. The van der Waals surface area contributed by atoms with E-state index < -0.39 is 0 Å². The second-order valence-corrected chi connectivity index (χ2v) is 8.23. The van der Waals surface area contributed by atoms with Crippen LogP contribution in [-0.2, 0) is 6.54 Å². The summed E-state index contributed by atoms with van der Waals surface area (Å²) in [5, 5.41) is 6.90. The van der Waals surface area contributed by atoms with Crippen molar-refractivity contribution in [3.63, 3.8) is 0 Å². The van der Waals surface area contributed by atoms with Gasteiger partial charge in [-0.05, 0) is 69.9 Å². The highest BCUT2D eigenvalue weighted by Gasteiger charge is 2.24. The third kappa shape index (κ3) is 8.63. The molecule has 3 rings (SSSR count). The molecule has 0 saturated carbocycles. The van der Waals surface area contributed by atoms with Gasteiger partial charge in [0.25, 0.3) is 0 Å². The minimum atomic E-state index is 0. The number of nitrogens with zero attached hydrogens (tertiary/aromatic N) is 3. The molecule has 8 heteroatoms. The second kappa shape index (κ2) is 14.4. The van der Waals surface area contributed by atoms with Gasteiger partial charge in [0.15, 0.2) is 5.96 Å². The zero-order valence-corrected chi connectivity index (χ0v) is 21.9. The Labute approximate surface area is 209 Å². The largest absolute Gasteiger partial charge is 0.492 e. The van der Waals surface area contributed by atoms with E-state index in [2.05, 4.69) is 43.6 Å². The van der Waals surface area contributed by atoms with Crippen molar-refractivity contribution in [3.8, 4) is 5.75 Å². The number of aliphatic imine (C=N–C) groups is 1. The quantitative estimate of drug-likeness (QED) is 0.265. The number of halogens is 1. The molecule has 1 aliphatic rings. The summed E-state index contributed by atoms with van der Waals surface area (Å²) >= 11 is 0. The van der Waals surface area contributed by atoms with Gasteiger partial charge in [-0.25, -0.2) is 0 Å². The van der Waals surface area contributed by atoms with Crippen molar-refractivity contribution < 1.29 is 9.15 Å². The summed E-state index contributed by atoms with van der Waals surface area (Å²) in [6, 6.07) is 12.4. The fourth-order valence-electron chi connectivity index (χ4n) is 3.81. The predicted octanol–water partition coefficient (Wildman–Crippen LogP) is 3.73. The molecule has 0 radical (unpaired) electrons. The Morgan fingerprint density at radius 3 is 2.66 bits per heavy atom. The molecule has 0 amide bonds. The second-order valence-electron chi connectivity index (χ2n) is 8.23. The summed E-state index contributed by atoms with van der Waals surface area (Å²) < 4.78 is 11.6. The van der Waals surface area contributed by atoms with Crippen LogP contribution in [0, 0.1) is 0 Å². The average Bonchev–Trinajstić information content (AvgIpc) is 3.31. The van der Waals surface area contributed by atoms with E-state index in [0.717, 1.165) is 49.2 Å². The molecule has 1 unspecified atom stereocenters. The van der Waals surface area contributed by atoms with Crippen LogP contribution >= 0.6 is 24.0 Å². The molecular weight excluding hydrogens is 517 g/mol. The summed E-state index contributed by atoms with van der Waals surface area (Å²) in [5.74, 6) is 2.69. The zero-order valence-electron chi connectivity index (χ0n) is 19.5. The maximum Gasteiger partial charge on any atom is 0.191 e. The summed E-state index contributed by atoms with van der Waals surface area (Å²) in [6.45, 7) is 5.23. The highest BCUT2D eigenvalue weighted by atomic mass is 127. The molecule has 1 saturated heterocycles. The molecule has 2 heterocycles. The van der Waals surface area contributed by atoms with E-state index in [-0.39, 0.29) is 30.0 Å². The van der Waals surface area contributed by atoms with Crippen LogP contribution in [-0.4, -0.2) is 69.7 Å². The lowest BCUT2D eigenvalue weighted by molar-refractivity contribution is 0.146. The van der Waals surface area contributed by atoms with E-state index in [1.807, 2.05) is 32.3 Å². The number of likely N-dealkylation sites (tertiary alicyclic amines) is 1. The maximum absolute atomic E-state index is 5.85. The van der Waals surface area contributed by atoms with Crippen LogP contribution in [0.3, 0.4) is 0 Å². The van der Waals surface area contributed by atoms with Crippen molar-refractivity contribution in [2.45, 2.75) is 31.8 Å². The van der Waals surface area contributed by atoms with Gasteiger partial charge in [-0.3, -0.25) is 9.89 Å². The highest BCUT2D eigenvalue weighted by Crippen LogP contribution is 2.24. The lowest BCUT2D eigenvalue weighted by Gasteiger charge is -2.33. The van der Waals surface area contributed by atoms with Crippen LogP contribution in [0.1, 0.15) is 36.6 Å². The number of ether oxygens (including phenoxy) is 1. The number of hydrogen-bond acceptors (Lipinski definition) is 5. The number of likely N-dealkylation sites (N-methyl/N-ethyl adjacent to an activating group) is 1. The first-order valence-corrected chi connectivity index (χ1v) is 11.2. The monoisotopic (exact) mass is 555 g/mol. The molecule has 1 aromatic heterocycles. The number of piperidine rings is 1. The molecule has 1 aliphatic heterocycles. The van der Waals surface area contributed by atoms with Gasteiger partial charge in [-0.15, -0.1) is 24.0 Å². The Bertz CT molecular complexity index is 791. The molecule has 1 atom stereocenters. The fraction of sp³-hybridized carbons (Fsp3) is 0.542. The molecule has 7 nitrogen and oxygen atoms in total. The SMILES string of the molecule is CN=C(NCc1cccc(OCCN(C)C)c1)NCC(c1ccco1)N1CCCCC1.I. The summed E-state index contributed by atoms with van der Waals surface area (Å²) in [5.41, 5.74) is 1.16. The Hall–Kier alpha value is -1.78. The van der Waals surface area contributed by atoms with Crippen LogP contribution in [0.15, 0.2) is 52.1 Å². The number of furan rings is 1. The number of nitrogens with one attached hydrogen (secondary N) is 2. The van der Waals surface area contributed by atoms with Crippen LogP contribution in [0.4, 0.5) is 0 Å². The van der Waals surface area contributed by atoms with Crippen LogP contribution in [0.25, 0.3) is 0 Å². The fourth-order valence-corrected chi connectivity index (χ4v) is 3.81. The smallest absolute Gasteiger partial charge is 0.191 e.